The van der Waals surface area contributed by atoms with Crippen LogP contribution in [0.2, 0.25) is 0 Å². The van der Waals surface area contributed by atoms with Crippen LogP contribution < -0.4 is 5.32 Å². The number of carbonyl (C=O) groups is 2. The van der Waals surface area contributed by atoms with E-state index in [1.165, 1.54) is 24.3 Å². The van der Waals surface area contributed by atoms with Crippen molar-refractivity contribution in [2.45, 2.75) is 23.4 Å². The summed E-state index contributed by atoms with van der Waals surface area (Å²) in [5.74, 6) is -1.59. The van der Waals surface area contributed by atoms with E-state index in [0.717, 1.165) is 17.8 Å². The number of anilines is 1. The molecule has 42 heavy (non-hydrogen) atoms. The normalized spacial score (nSPS) is 12.1. The minimum absolute atomic E-state index is 0.0652. The number of thioether (sulfide) groups is 1. The summed E-state index contributed by atoms with van der Waals surface area (Å²) in [5, 5.41) is 23.1. The molecule has 0 fully saturated rings. The van der Waals surface area contributed by atoms with E-state index in [1.807, 2.05) is 0 Å². The van der Waals surface area contributed by atoms with Gasteiger partial charge in [-0.15, -0.1) is 11.3 Å². The number of carbonyl (C=O) groups excluding carboxylic acids is 1. The van der Waals surface area contributed by atoms with Crippen LogP contribution in [0.1, 0.15) is 28.4 Å². The summed E-state index contributed by atoms with van der Waals surface area (Å²) < 4.78 is 41.5. The van der Waals surface area contributed by atoms with E-state index in [4.69, 9.17) is 0 Å². The first-order valence-electron chi connectivity index (χ1n) is 12.3. The highest BCUT2D eigenvalue weighted by atomic mass is 32.2. The van der Waals surface area contributed by atoms with Crippen molar-refractivity contribution < 1.29 is 27.9 Å². The van der Waals surface area contributed by atoms with Crippen molar-refractivity contribution in [2.75, 3.05) is 5.32 Å². The van der Waals surface area contributed by atoms with Gasteiger partial charge in [-0.1, -0.05) is 48.2 Å². The Hall–Kier alpha value is -4.73. The second kappa shape index (κ2) is 11.6. The molecule has 0 saturated carbocycles. The zero-order valence-corrected chi connectivity index (χ0v) is 23.3. The first kappa shape index (κ1) is 28.8. The zero-order valence-electron chi connectivity index (χ0n) is 21.6. The van der Waals surface area contributed by atoms with Crippen molar-refractivity contribution in [1.29, 1.82) is 5.26 Å². The molecule has 210 valence electrons. The van der Waals surface area contributed by atoms with Crippen molar-refractivity contribution in [1.82, 2.24) is 9.97 Å². The SMILES string of the molecule is CC(Sc1nc(-c2cccs2)cc(C(F)(F)F)c1C#N)C(=O)Nc1ccc(-c2cc(C(=O)O)c3ccccc3n2)cc1. The molecule has 5 rings (SSSR count). The highest BCUT2D eigenvalue weighted by Crippen LogP contribution is 2.39. The summed E-state index contributed by atoms with van der Waals surface area (Å²) in [5.41, 5.74) is 0.426. The van der Waals surface area contributed by atoms with Gasteiger partial charge in [-0.05, 0) is 48.7 Å². The van der Waals surface area contributed by atoms with Crippen molar-refractivity contribution in [3.05, 3.63) is 94.9 Å². The zero-order chi connectivity index (χ0) is 30.0. The number of carboxylic acid groups (broad SMARTS) is 1. The molecule has 3 aromatic heterocycles. The monoisotopic (exact) mass is 604 g/mol. The largest absolute Gasteiger partial charge is 0.478 e. The number of carboxylic acids is 1. The number of nitriles is 1. The Balaban J connectivity index is 1.37. The summed E-state index contributed by atoms with van der Waals surface area (Å²) >= 11 is 1.97. The topological polar surface area (TPSA) is 116 Å². The molecule has 0 radical (unpaired) electrons. The number of para-hydroxylation sites is 1. The van der Waals surface area contributed by atoms with E-state index < -0.39 is 34.4 Å². The summed E-state index contributed by atoms with van der Waals surface area (Å²) in [6, 6.07) is 20.7. The Morgan fingerprint density at radius 1 is 1.02 bits per heavy atom. The van der Waals surface area contributed by atoms with Gasteiger partial charge in [0.05, 0.1) is 43.7 Å². The van der Waals surface area contributed by atoms with Gasteiger partial charge in [-0.2, -0.15) is 18.4 Å². The maximum Gasteiger partial charge on any atom is 0.417 e. The van der Waals surface area contributed by atoms with Crippen LogP contribution in [0, 0.1) is 11.3 Å². The Labute approximate surface area is 245 Å². The lowest BCUT2D eigenvalue weighted by atomic mass is 10.0. The van der Waals surface area contributed by atoms with Gasteiger partial charge >= 0.3 is 12.1 Å². The van der Waals surface area contributed by atoms with Crippen LogP contribution in [0.25, 0.3) is 32.7 Å². The van der Waals surface area contributed by atoms with Gasteiger partial charge in [-0.25, -0.2) is 14.8 Å². The van der Waals surface area contributed by atoms with Crippen molar-refractivity contribution >= 4 is 51.6 Å². The predicted molar refractivity (Wildman–Crippen MR) is 155 cm³/mol. The number of nitrogens with zero attached hydrogens (tertiary/aromatic N) is 3. The second-order valence-electron chi connectivity index (χ2n) is 9.03. The fourth-order valence-electron chi connectivity index (χ4n) is 4.18. The number of hydrogen-bond acceptors (Lipinski definition) is 7. The molecule has 0 spiro atoms. The standard InChI is InChI=1S/C30H19F3N4O3S2/c1-16(42-28-21(15-34)22(30(31,32)33)14-25(37-28)26-7-4-12-41-26)27(38)35-18-10-8-17(9-11-18)24-13-20(29(39)40)19-5-2-3-6-23(19)36-24/h2-14,16H,1H3,(H,35,38)(H,39,40). The first-order valence-corrected chi connectivity index (χ1v) is 14.1. The third-order valence-electron chi connectivity index (χ3n) is 6.23. The van der Waals surface area contributed by atoms with Gasteiger partial charge in [-0.3, -0.25) is 4.79 Å². The van der Waals surface area contributed by atoms with Crippen LogP contribution in [-0.4, -0.2) is 32.2 Å². The van der Waals surface area contributed by atoms with E-state index in [-0.39, 0.29) is 16.3 Å². The number of benzene rings is 2. The first-order chi connectivity index (χ1) is 20.0. The molecular formula is C30H19F3N4O3S2. The van der Waals surface area contributed by atoms with Crippen LogP contribution in [0.4, 0.5) is 18.9 Å². The Kier molecular flexibility index (Phi) is 7.98. The molecule has 0 bridgehead atoms. The summed E-state index contributed by atoms with van der Waals surface area (Å²) in [7, 11) is 0. The summed E-state index contributed by atoms with van der Waals surface area (Å²) in [4.78, 5) is 34.1. The van der Waals surface area contributed by atoms with Gasteiger partial charge in [0.1, 0.15) is 11.1 Å². The lowest BCUT2D eigenvalue weighted by Crippen LogP contribution is -2.23. The maximum atomic E-state index is 13.8. The number of halogens is 3. The average Bonchev–Trinajstić information content (AvgIpc) is 3.51. The number of aromatic nitrogens is 2. The Morgan fingerprint density at radius 3 is 2.40 bits per heavy atom. The Bertz CT molecular complexity index is 1850. The second-order valence-corrected chi connectivity index (χ2v) is 11.3. The van der Waals surface area contributed by atoms with Crippen LogP contribution in [0.3, 0.4) is 0 Å². The molecular weight excluding hydrogens is 585 g/mol. The van der Waals surface area contributed by atoms with E-state index >= 15 is 0 Å². The molecule has 1 atom stereocenters. The minimum atomic E-state index is -4.78. The third kappa shape index (κ3) is 5.97. The number of amides is 1. The average molecular weight is 605 g/mol. The fraction of sp³-hybridized carbons (Fsp3) is 0.100. The number of rotatable bonds is 7. The number of pyridine rings is 2. The molecule has 3 heterocycles. The van der Waals surface area contributed by atoms with Gasteiger partial charge in [0, 0.05) is 16.6 Å². The molecule has 0 aliphatic heterocycles. The minimum Gasteiger partial charge on any atom is -0.478 e. The van der Waals surface area contributed by atoms with Crippen LogP contribution in [0.15, 0.2) is 83.2 Å². The number of thiophene rings is 1. The molecule has 7 nitrogen and oxygen atoms in total. The van der Waals surface area contributed by atoms with Crippen molar-refractivity contribution in [3.8, 4) is 27.9 Å². The number of nitrogens with one attached hydrogen (secondary N) is 1. The van der Waals surface area contributed by atoms with E-state index in [1.54, 1.807) is 72.1 Å². The molecule has 2 N–H and O–H groups in total. The van der Waals surface area contributed by atoms with Gasteiger partial charge < -0.3 is 10.4 Å². The van der Waals surface area contributed by atoms with Crippen LogP contribution in [0.5, 0.6) is 0 Å². The van der Waals surface area contributed by atoms with Gasteiger partial charge in [0.2, 0.25) is 5.91 Å². The van der Waals surface area contributed by atoms with Crippen molar-refractivity contribution in [3.63, 3.8) is 0 Å². The lowest BCUT2D eigenvalue weighted by Gasteiger charge is -2.16. The molecule has 12 heteroatoms. The van der Waals surface area contributed by atoms with E-state index in [0.29, 0.717) is 32.7 Å². The molecule has 0 aliphatic carbocycles. The third-order valence-corrected chi connectivity index (χ3v) is 8.21. The van der Waals surface area contributed by atoms with Crippen LogP contribution >= 0.6 is 23.1 Å². The highest BCUT2D eigenvalue weighted by Gasteiger charge is 2.36. The molecule has 5 aromatic rings. The smallest absolute Gasteiger partial charge is 0.417 e. The quantitative estimate of drug-likeness (QED) is 0.183. The predicted octanol–water partition coefficient (Wildman–Crippen LogP) is 7.73. The van der Waals surface area contributed by atoms with E-state index in [2.05, 4.69) is 15.3 Å². The fourth-order valence-corrected chi connectivity index (χ4v) is 5.79. The summed E-state index contributed by atoms with van der Waals surface area (Å²) in [6.45, 7) is 1.51. The molecule has 1 unspecified atom stereocenters. The molecule has 2 aromatic carbocycles. The number of fused-ring (bicyclic) bond motifs is 1. The Morgan fingerprint density at radius 2 is 1.76 bits per heavy atom. The molecule has 1 amide bonds. The summed E-state index contributed by atoms with van der Waals surface area (Å²) in [6.07, 6.45) is -4.78. The molecule has 0 saturated heterocycles. The lowest BCUT2D eigenvalue weighted by molar-refractivity contribution is -0.138. The maximum absolute atomic E-state index is 13.8. The highest BCUT2D eigenvalue weighted by molar-refractivity contribution is 8.00. The van der Waals surface area contributed by atoms with Gasteiger partial charge in [0.15, 0.2) is 0 Å². The number of alkyl halides is 3. The van der Waals surface area contributed by atoms with Gasteiger partial charge in [0.25, 0.3) is 0 Å². The molecule has 0 aliphatic rings. The number of hydrogen-bond donors (Lipinski definition) is 2. The van der Waals surface area contributed by atoms with E-state index in [9.17, 15) is 33.1 Å². The van der Waals surface area contributed by atoms with Crippen LogP contribution in [-0.2, 0) is 11.0 Å². The number of aromatic carboxylic acids is 1. The van der Waals surface area contributed by atoms with Crippen molar-refractivity contribution in [2.24, 2.45) is 0 Å².